The molecular weight excluding hydrogens is 576 g/mol. The molecule has 38 heavy (non-hydrogen) atoms. The van der Waals surface area contributed by atoms with Crippen molar-refractivity contribution in [1.82, 2.24) is 9.97 Å². The molecule has 0 aliphatic rings. The third-order valence-electron chi connectivity index (χ3n) is 4.62. The Morgan fingerprint density at radius 3 is 2.45 bits per heavy atom. The third-order valence-corrected chi connectivity index (χ3v) is 6.15. The predicted molar refractivity (Wildman–Crippen MR) is 129 cm³/mol. The lowest BCUT2D eigenvalue weighted by atomic mass is 10.1. The minimum atomic E-state index is -1.33. The van der Waals surface area contributed by atoms with Crippen molar-refractivity contribution in [2.24, 2.45) is 10.2 Å². The van der Waals surface area contributed by atoms with Crippen LogP contribution in [0.1, 0.15) is 0 Å². The van der Waals surface area contributed by atoms with Crippen LogP contribution < -0.4 is 5.32 Å². The number of fused-ring (bicyclic) bond motifs is 1. The van der Waals surface area contributed by atoms with Crippen LogP contribution in [0.25, 0.3) is 10.8 Å². The van der Waals surface area contributed by atoms with Gasteiger partial charge < -0.3 is 15.5 Å². The van der Waals surface area contributed by atoms with E-state index in [1.165, 1.54) is 42.5 Å². The molecule has 1 aromatic heterocycles. The monoisotopic (exact) mass is 587 g/mol. The van der Waals surface area contributed by atoms with Crippen LogP contribution in [0.5, 0.6) is 11.5 Å². The van der Waals surface area contributed by atoms with Gasteiger partial charge in [0.15, 0.2) is 11.6 Å². The summed E-state index contributed by atoms with van der Waals surface area (Å²) in [6.45, 7) is 0. The number of aromatic hydroxyl groups is 2. The maximum Gasteiger partial charge on any atom is 0.313 e. The Morgan fingerprint density at radius 1 is 0.921 bits per heavy atom. The van der Waals surface area contributed by atoms with Crippen LogP contribution in [-0.2, 0) is 18.7 Å². The number of anilines is 2. The number of hydrogen-bond donors (Lipinski definition) is 5. The van der Waals surface area contributed by atoms with Crippen molar-refractivity contribution in [1.29, 1.82) is 0 Å². The van der Waals surface area contributed by atoms with Gasteiger partial charge in [-0.25, -0.2) is 10.5 Å². The summed E-state index contributed by atoms with van der Waals surface area (Å²) in [5.74, 6) is -2.21. The molecule has 13 nitrogen and oxygen atoms in total. The van der Waals surface area contributed by atoms with E-state index < -0.39 is 17.0 Å². The average Bonchev–Trinajstić information content (AvgIpc) is 2.89. The summed E-state index contributed by atoms with van der Waals surface area (Å²) >= 11 is 6.89. The molecule has 0 spiro atoms. The fraction of sp³-hybridized carbons (Fsp3) is 0. The van der Waals surface area contributed by atoms with Crippen molar-refractivity contribution in [3.05, 3.63) is 59.5 Å². The molecule has 0 radical (unpaired) electrons. The van der Waals surface area contributed by atoms with E-state index in [0.717, 1.165) is 0 Å². The topological polar surface area (TPSA) is 180 Å². The molecule has 3 aromatic carbocycles. The average molecular weight is 588 g/mol. The number of phenolic OH excluding ortho intramolecular Hbond substituents is 2. The smallest absolute Gasteiger partial charge is 0.313 e. The first-order valence-corrected chi connectivity index (χ1v) is 11.7. The summed E-state index contributed by atoms with van der Waals surface area (Å²) in [5.41, 5.74) is 0.122. The van der Waals surface area contributed by atoms with Crippen molar-refractivity contribution < 1.29 is 48.3 Å². The first kappa shape index (κ1) is 27.6. The summed E-state index contributed by atoms with van der Waals surface area (Å²) in [6.07, 6.45) is -1.33. The molecule has 0 atom stereocenters. The fourth-order valence-corrected chi connectivity index (χ4v) is 4.07. The maximum atomic E-state index is 13.7. The summed E-state index contributed by atoms with van der Waals surface area (Å²) in [6, 6.07) is 9.97. The van der Waals surface area contributed by atoms with Crippen molar-refractivity contribution in [3.8, 4) is 11.5 Å². The highest BCUT2D eigenvalue weighted by Crippen LogP contribution is 2.45. The van der Waals surface area contributed by atoms with Gasteiger partial charge in [0, 0.05) is 16.0 Å². The second kappa shape index (κ2) is 12.4. The van der Waals surface area contributed by atoms with Crippen molar-refractivity contribution in [2.45, 2.75) is 9.79 Å². The third kappa shape index (κ3) is 6.35. The number of benzene rings is 3. The number of halogens is 3. The zero-order chi connectivity index (χ0) is 27.2. The molecule has 0 unspecified atom stereocenters. The van der Waals surface area contributed by atoms with Crippen LogP contribution in [0.2, 0.25) is 5.02 Å². The van der Waals surface area contributed by atoms with Crippen LogP contribution in [0, 0.1) is 12.0 Å². The van der Waals surface area contributed by atoms with E-state index in [-0.39, 0.29) is 44.7 Å². The van der Waals surface area contributed by atoms with Crippen LogP contribution in [-0.4, -0.2) is 30.7 Å². The lowest BCUT2D eigenvalue weighted by Crippen LogP contribution is -2.02. The number of azo groups is 1. The second-order valence-corrected chi connectivity index (χ2v) is 8.78. The van der Waals surface area contributed by atoms with E-state index in [1.54, 1.807) is 0 Å². The van der Waals surface area contributed by atoms with Gasteiger partial charge in [0.1, 0.15) is 22.1 Å². The van der Waals surface area contributed by atoms with Gasteiger partial charge in [0.05, 0.1) is 29.0 Å². The van der Waals surface area contributed by atoms with Gasteiger partial charge in [-0.2, -0.15) is 18.7 Å². The van der Waals surface area contributed by atoms with Crippen LogP contribution in [0.4, 0.5) is 31.7 Å². The Labute approximate surface area is 223 Å². The number of hydrogen-bond acceptors (Lipinski definition) is 15. The number of nitrogens with one attached hydrogen (secondary N) is 1. The van der Waals surface area contributed by atoms with Gasteiger partial charge in [-0.05, 0) is 47.9 Å². The minimum absolute atomic E-state index is 0.0351. The molecule has 1 heterocycles. The highest BCUT2D eigenvalue weighted by atomic mass is 35.5. The Hall–Kier alpha value is -3.39. The minimum Gasteiger partial charge on any atom is -0.506 e. The summed E-state index contributed by atoms with van der Waals surface area (Å²) in [7, 11) is 0. The van der Waals surface area contributed by atoms with Crippen LogP contribution in [0.15, 0.2) is 62.5 Å². The van der Waals surface area contributed by atoms with Gasteiger partial charge >= 0.3 is 6.08 Å². The quantitative estimate of drug-likeness (QED) is 0.0320. The van der Waals surface area contributed by atoms with Gasteiger partial charge in [-0.3, -0.25) is 0 Å². The standard InChI is InChI=1S/C20H12ClF2N5O8S2/c21-15-18(22)25-20(23)26-19(15)24-9-1-3-11-8(5-9)6-14(38-36-34-32)16(17(11)30)28-27-12-7-10(37-35-33-31)2-4-13(12)29/h1-7,29-32H,(H,24,25,26). The zero-order valence-corrected chi connectivity index (χ0v) is 20.6. The van der Waals surface area contributed by atoms with Gasteiger partial charge in [-0.15, -0.1) is 18.9 Å². The largest absolute Gasteiger partial charge is 0.506 e. The molecule has 5 N–H and O–H groups in total. The lowest BCUT2D eigenvalue weighted by Gasteiger charge is -2.12. The Bertz CT molecular complexity index is 1520. The molecule has 4 aromatic rings. The Kier molecular flexibility index (Phi) is 9.05. The summed E-state index contributed by atoms with van der Waals surface area (Å²) in [4.78, 5) is 6.80. The zero-order valence-electron chi connectivity index (χ0n) is 18.2. The number of nitrogens with zero attached hydrogens (tertiary/aromatic N) is 4. The van der Waals surface area contributed by atoms with Crippen molar-refractivity contribution >= 4 is 69.3 Å². The summed E-state index contributed by atoms with van der Waals surface area (Å²) < 4.78 is 35.9. The van der Waals surface area contributed by atoms with Crippen LogP contribution >= 0.6 is 35.7 Å². The van der Waals surface area contributed by atoms with Gasteiger partial charge in [0.2, 0.25) is 5.95 Å². The fourth-order valence-electron chi connectivity index (χ4n) is 3.05. The molecule has 0 aliphatic heterocycles. The Morgan fingerprint density at radius 2 is 1.68 bits per heavy atom. The number of phenols is 2. The van der Waals surface area contributed by atoms with E-state index in [0.29, 0.717) is 34.4 Å². The summed E-state index contributed by atoms with van der Waals surface area (Å²) in [5, 5.41) is 55.8. The molecule has 0 fully saturated rings. The molecule has 18 heteroatoms. The molecule has 198 valence electrons. The number of aromatic nitrogens is 2. The van der Waals surface area contributed by atoms with Crippen molar-refractivity contribution in [3.63, 3.8) is 0 Å². The maximum absolute atomic E-state index is 13.7. The van der Waals surface area contributed by atoms with E-state index in [1.807, 2.05) is 0 Å². The van der Waals surface area contributed by atoms with Crippen LogP contribution in [0.3, 0.4) is 0 Å². The molecule has 0 bridgehead atoms. The van der Waals surface area contributed by atoms with E-state index in [9.17, 15) is 19.0 Å². The van der Waals surface area contributed by atoms with E-state index in [4.69, 9.17) is 22.1 Å². The van der Waals surface area contributed by atoms with Gasteiger partial charge in [0.25, 0.3) is 0 Å². The first-order chi connectivity index (χ1) is 18.3. The molecule has 0 aliphatic carbocycles. The normalized spacial score (nSPS) is 11.5. The molecule has 0 saturated carbocycles. The molecule has 0 amide bonds. The highest BCUT2D eigenvalue weighted by Gasteiger charge is 2.17. The SMILES string of the molecule is OOOSc1ccc(O)c(N=Nc2c(SOOO)cc3cc(Nc4nc(F)nc(F)c4Cl)ccc3c2O)c1. The molecule has 4 rings (SSSR count). The first-order valence-electron chi connectivity index (χ1n) is 9.80. The highest BCUT2D eigenvalue weighted by molar-refractivity contribution is 7.94. The lowest BCUT2D eigenvalue weighted by molar-refractivity contribution is -0.432. The second-order valence-electron chi connectivity index (χ2n) is 6.88. The van der Waals surface area contributed by atoms with Gasteiger partial charge in [-0.1, -0.05) is 21.7 Å². The van der Waals surface area contributed by atoms with Crippen molar-refractivity contribution in [2.75, 3.05) is 5.32 Å². The Balaban J connectivity index is 1.73. The predicted octanol–water partition coefficient (Wildman–Crippen LogP) is 6.99. The molecule has 0 saturated heterocycles. The van der Waals surface area contributed by atoms with E-state index in [2.05, 4.69) is 44.3 Å². The van der Waals surface area contributed by atoms with E-state index >= 15 is 0 Å². The molecular formula is C20H12ClF2N5O8S2. The number of rotatable bonds is 10.